The van der Waals surface area contributed by atoms with Gasteiger partial charge in [0.1, 0.15) is 12.3 Å². The summed E-state index contributed by atoms with van der Waals surface area (Å²) in [6.07, 6.45) is 0.789. The van der Waals surface area contributed by atoms with Crippen LogP contribution in [0.5, 0.6) is 0 Å². The molecule has 2 N–H and O–H groups in total. The van der Waals surface area contributed by atoms with E-state index in [9.17, 15) is 5.11 Å². The van der Waals surface area contributed by atoms with Crippen molar-refractivity contribution in [2.75, 3.05) is 6.54 Å². The summed E-state index contributed by atoms with van der Waals surface area (Å²) in [7, 11) is 0. The molecule has 0 amide bonds. The minimum atomic E-state index is -0.228. The monoisotopic (exact) mass is 416 g/mol. The minimum absolute atomic E-state index is 0.228. The van der Waals surface area contributed by atoms with Gasteiger partial charge in [0.2, 0.25) is 0 Å². The average Bonchev–Trinajstić information content (AvgIpc) is 3.25. The Hall–Kier alpha value is -2.38. The highest BCUT2D eigenvalue weighted by atomic mass is 35.5. The first kappa shape index (κ1) is 19.0. The maximum atomic E-state index is 9.61. The van der Waals surface area contributed by atoms with Gasteiger partial charge in [-0.2, -0.15) is 9.50 Å². The molecule has 0 atom stereocenters. The van der Waals surface area contributed by atoms with Gasteiger partial charge in [-0.1, -0.05) is 53.5 Å². The molecule has 2 aromatic heterocycles. The topological polar surface area (TPSA) is 75.6 Å². The van der Waals surface area contributed by atoms with Crippen molar-refractivity contribution in [1.82, 2.24) is 19.9 Å². The molecule has 6 nitrogen and oxygen atoms in total. The second kappa shape index (κ2) is 8.32. The van der Waals surface area contributed by atoms with Crippen LogP contribution >= 0.6 is 23.2 Å². The lowest BCUT2D eigenvalue weighted by atomic mass is 10.1. The number of nitrogens with zero attached hydrogens (tertiary/aromatic N) is 3. The number of rotatable bonds is 7. The number of hydrogen-bond donors (Lipinski definition) is 2. The van der Waals surface area contributed by atoms with Gasteiger partial charge in [0.15, 0.2) is 11.6 Å². The molecule has 0 saturated carbocycles. The number of oxazole rings is 1. The first-order chi connectivity index (χ1) is 13.7. The van der Waals surface area contributed by atoms with E-state index in [1.54, 1.807) is 10.6 Å². The van der Waals surface area contributed by atoms with Gasteiger partial charge >= 0.3 is 5.84 Å². The van der Waals surface area contributed by atoms with E-state index in [1.165, 1.54) is 0 Å². The number of hydrogen-bond acceptors (Lipinski definition) is 5. The summed E-state index contributed by atoms with van der Waals surface area (Å²) in [5, 5.41) is 18.8. The van der Waals surface area contributed by atoms with Crippen molar-refractivity contribution >= 4 is 29.0 Å². The van der Waals surface area contributed by atoms with Crippen molar-refractivity contribution in [2.45, 2.75) is 19.6 Å². The van der Waals surface area contributed by atoms with E-state index in [0.29, 0.717) is 35.5 Å². The van der Waals surface area contributed by atoms with Crippen molar-refractivity contribution in [2.24, 2.45) is 0 Å². The maximum Gasteiger partial charge on any atom is 0.325 e. The fourth-order valence-electron chi connectivity index (χ4n) is 3.01. The molecule has 0 fully saturated rings. The lowest BCUT2D eigenvalue weighted by Crippen LogP contribution is -2.19. The van der Waals surface area contributed by atoms with Gasteiger partial charge in [-0.25, -0.2) is 0 Å². The Morgan fingerprint density at radius 1 is 1.04 bits per heavy atom. The van der Waals surface area contributed by atoms with Crippen LogP contribution in [0.4, 0.5) is 0 Å². The fourth-order valence-corrected chi connectivity index (χ4v) is 3.46. The van der Waals surface area contributed by atoms with Gasteiger partial charge in [0.05, 0.1) is 5.02 Å². The summed E-state index contributed by atoms with van der Waals surface area (Å²) >= 11 is 12.4. The Labute approximate surface area is 171 Å². The molecule has 0 bridgehead atoms. The molecule has 28 heavy (non-hydrogen) atoms. The van der Waals surface area contributed by atoms with Crippen molar-refractivity contribution in [3.63, 3.8) is 0 Å². The standard InChI is InChI=1S/C20H18Cl2N4O2/c21-15-7-3-1-5-13(15)9-10-23-11-17-18(12-27)28-20-24-19(25-26(17)20)14-6-2-4-8-16(14)22/h1-8,23,27H,9-12H2. The van der Waals surface area contributed by atoms with Crippen molar-refractivity contribution < 1.29 is 9.52 Å². The third kappa shape index (κ3) is 3.77. The molecule has 2 aromatic carbocycles. The minimum Gasteiger partial charge on any atom is -0.424 e. The van der Waals surface area contributed by atoms with Gasteiger partial charge in [0, 0.05) is 17.1 Å². The number of aliphatic hydroxyl groups is 1. The lowest BCUT2D eigenvalue weighted by Gasteiger charge is -2.06. The molecule has 144 valence electrons. The Kier molecular flexibility index (Phi) is 5.64. The van der Waals surface area contributed by atoms with Crippen LogP contribution in [0.3, 0.4) is 0 Å². The van der Waals surface area contributed by atoms with E-state index in [4.69, 9.17) is 27.6 Å². The predicted molar refractivity (Wildman–Crippen MR) is 108 cm³/mol. The first-order valence-corrected chi connectivity index (χ1v) is 9.60. The normalized spacial score (nSPS) is 11.4. The number of nitrogens with one attached hydrogen (secondary N) is 1. The summed E-state index contributed by atoms with van der Waals surface area (Å²) in [4.78, 5) is 4.40. The van der Waals surface area contributed by atoms with Gasteiger partial charge in [-0.3, -0.25) is 0 Å². The van der Waals surface area contributed by atoms with Crippen LogP contribution in [-0.4, -0.2) is 26.2 Å². The number of fused-ring (bicyclic) bond motifs is 1. The maximum absolute atomic E-state index is 9.61. The van der Waals surface area contributed by atoms with Gasteiger partial charge < -0.3 is 14.8 Å². The van der Waals surface area contributed by atoms with Crippen LogP contribution in [0.1, 0.15) is 17.0 Å². The van der Waals surface area contributed by atoms with E-state index in [2.05, 4.69) is 15.4 Å². The molecule has 0 aliphatic carbocycles. The van der Waals surface area contributed by atoms with Crippen molar-refractivity contribution in [3.8, 4) is 11.4 Å². The largest absolute Gasteiger partial charge is 0.424 e. The van der Waals surface area contributed by atoms with Crippen LogP contribution in [0.2, 0.25) is 10.0 Å². The summed E-state index contributed by atoms with van der Waals surface area (Å²) in [6, 6.07) is 15.1. The zero-order valence-electron chi connectivity index (χ0n) is 14.9. The molecule has 0 spiro atoms. The smallest absolute Gasteiger partial charge is 0.325 e. The van der Waals surface area contributed by atoms with Crippen LogP contribution < -0.4 is 5.32 Å². The average molecular weight is 417 g/mol. The van der Waals surface area contributed by atoms with Crippen LogP contribution in [0.25, 0.3) is 17.2 Å². The molecular weight excluding hydrogens is 399 g/mol. The molecule has 0 aliphatic heterocycles. The summed E-state index contributed by atoms with van der Waals surface area (Å²) in [5.41, 5.74) is 2.53. The molecule has 8 heteroatoms. The summed E-state index contributed by atoms with van der Waals surface area (Å²) < 4.78 is 7.26. The lowest BCUT2D eigenvalue weighted by molar-refractivity contribution is 0.248. The highest BCUT2D eigenvalue weighted by Crippen LogP contribution is 2.26. The second-order valence-corrected chi connectivity index (χ2v) is 7.07. The molecule has 0 saturated heterocycles. The van der Waals surface area contributed by atoms with Gasteiger partial charge in [-0.15, -0.1) is 5.10 Å². The van der Waals surface area contributed by atoms with E-state index in [1.807, 2.05) is 42.5 Å². The van der Waals surface area contributed by atoms with Crippen LogP contribution in [0.15, 0.2) is 52.9 Å². The Bertz CT molecular complexity index is 1110. The molecule has 0 aliphatic rings. The highest BCUT2D eigenvalue weighted by Gasteiger charge is 2.19. The Balaban J connectivity index is 1.52. The zero-order valence-corrected chi connectivity index (χ0v) is 16.4. The SMILES string of the molecule is OCc1oc2nc(-c3ccccc3Cl)nn2c1CNCCc1ccccc1Cl. The summed E-state index contributed by atoms with van der Waals surface area (Å²) in [5.74, 6) is 1.24. The quantitative estimate of drug-likeness (QED) is 0.443. The molecule has 2 heterocycles. The van der Waals surface area contributed by atoms with E-state index in [-0.39, 0.29) is 6.61 Å². The molecular formula is C20H18Cl2N4O2. The number of halogens is 2. The fraction of sp³-hybridized carbons (Fsp3) is 0.200. The molecule has 0 radical (unpaired) electrons. The summed E-state index contributed by atoms with van der Waals surface area (Å²) in [6.45, 7) is 0.958. The zero-order chi connectivity index (χ0) is 19.5. The number of benzene rings is 2. The first-order valence-electron chi connectivity index (χ1n) is 8.84. The second-order valence-electron chi connectivity index (χ2n) is 6.26. The van der Waals surface area contributed by atoms with Gasteiger partial charge in [-0.05, 0) is 36.7 Å². The van der Waals surface area contributed by atoms with Gasteiger partial charge in [0.25, 0.3) is 0 Å². The van der Waals surface area contributed by atoms with Crippen molar-refractivity contribution in [1.29, 1.82) is 0 Å². The van der Waals surface area contributed by atoms with E-state index in [0.717, 1.165) is 28.3 Å². The molecule has 0 unspecified atom stereocenters. The van der Waals surface area contributed by atoms with Crippen LogP contribution in [0, 0.1) is 0 Å². The molecule has 4 aromatic rings. The number of aliphatic hydroxyl groups excluding tert-OH is 1. The molecule has 4 rings (SSSR count). The number of aromatic nitrogens is 3. The third-order valence-corrected chi connectivity index (χ3v) is 5.15. The highest BCUT2D eigenvalue weighted by molar-refractivity contribution is 6.33. The van der Waals surface area contributed by atoms with Crippen LogP contribution in [-0.2, 0) is 19.6 Å². The van der Waals surface area contributed by atoms with E-state index >= 15 is 0 Å². The third-order valence-electron chi connectivity index (χ3n) is 4.45. The Morgan fingerprint density at radius 2 is 1.79 bits per heavy atom. The van der Waals surface area contributed by atoms with E-state index < -0.39 is 0 Å². The predicted octanol–water partition coefficient (Wildman–Crippen LogP) is 4.12. The van der Waals surface area contributed by atoms with Crippen molar-refractivity contribution in [3.05, 3.63) is 75.6 Å². The Morgan fingerprint density at radius 3 is 2.54 bits per heavy atom.